The molecular weight excluding hydrogens is 629 g/mol. The second kappa shape index (κ2) is 23.3. The molecule has 1 aromatic rings. The zero-order valence-corrected chi connectivity index (χ0v) is 31.4. The first kappa shape index (κ1) is 40.2. The summed E-state index contributed by atoms with van der Waals surface area (Å²) < 4.78 is 0. The van der Waals surface area contributed by atoms with E-state index in [1.807, 2.05) is 6.92 Å². The van der Waals surface area contributed by atoms with Crippen LogP contribution < -0.4 is 0 Å². The molecular formula is C42H62N2O4S. The summed E-state index contributed by atoms with van der Waals surface area (Å²) in [5.74, 6) is -0.822. The normalized spacial score (nSPS) is 16.6. The third kappa shape index (κ3) is 14.3. The zero-order chi connectivity index (χ0) is 35.3. The smallest absolute Gasteiger partial charge is 0.200 e. The number of rotatable bonds is 26. The summed E-state index contributed by atoms with van der Waals surface area (Å²) in [4.78, 5) is 33.5. The summed E-state index contributed by atoms with van der Waals surface area (Å²) in [6.45, 7) is 8.20. The molecule has 7 heteroatoms. The van der Waals surface area contributed by atoms with Gasteiger partial charge in [0.2, 0.25) is 5.78 Å². The van der Waals surface area contributed by atoms with Crippen LogP contribution in [0.3, 0.4) is 0 Å². The van der Waals surface area contributed by atoms with Crippen LogP contribution in [-0.4, -0.2) is 44.8 Å². The van der Waals surface area contributed by atoms with Crippen LogP contribution in [0.25, 0.3) is 6.08 Å². The number of allylic oxidation sites excluding steroid dienone is 8. The van der Waals surface area contributed by atoms with E-state index in [9.17, 15) is 19.8 Å². The second-order valence-corrected chi connectivity index (χ2v) is 15.0. The Balaban J connectivity index is 1.55. The molecule has 0 saturated carbocycles. The highest BCUT2D eigenvalue weighted by Crippen LogP contribution is 2.31. The van der Waals surface area contributed by atoms with Crippen LogP contribution in [0.5, 0.6) is 0 Å². The van der Waals surface area contributed by atoms with Crippen LogP contribution in [0.15, 0.2) is 70.5 Å². The van der Waals surface area contributed by atoms with Crippen molar-refractivity contribution in [2.45, 2.75) is 149 Å². The third-order valence-corrected chi connectivity index (χ3v) is 10.4. The van der Waals surface area contributed by atoms with Crippen molar-refractivity contribution in [3.8, 4) is 0 Å². The fourth-order valence-electron chi connectivity index (χ4n) is 6.42. The molecule has 1 aromatic heterocycles. The molecule has 2 aliphatic carbocycles. The number of aromatic nitrogens is 1. The summed E-state index contributed by atoms with van der Waals surface area (Å²) in [6.07, 6.45) is 36.7. The minimum Gasteiger partial charge on any atom is -0.507 e. The maximum atomic E-state index is 13.2. The highest BCUT2D eigenvalue weighted by molar-refractivity contribution is 7.12. The molecule has 0 bridgehead atoms. The summed E-state index contributed by atoms with van der Waals surface area (Å²) in [6, 6.07) is 0. The van der Waals surface area contributed by atoms with E-state index in [2.05, 4.69) is 23.7 Å². The lowest BCUT2D eigenvalue weighted by Crippen LogP contribution is -2.27. The Hall–Kier alpha value is -3.19. The van der Waals surface area contributed by atoms with E-state index in [1.165, 1.54) is 139 Å². The van der Waals surface area contributed by atoms with Gasteiger partial charge in [0, 0.05) is 42.0 Å². The van der Waals surface area contributed by atoms with Gasteiger partial charge in [-0.25, -0.2) is 4.98 Å². The largest absolute Gasteiger partial charge is 0.507 e. The summed E-state index contributed by atoms with van der Waals surface area (Å²) >= 11 is 1.50. The molecule has 0 aliphatic heterocycles. The van der Waals surface area contributed by atoms with Crippen LogP contribution in [-0.2, 0) is 9.59 Å². The average molecular weight is 691 g/mol. The number of nitrogens with zero attached hydrogens (tertiary/aromatic N) is 2. The molecule has 270 valence electrons. The lowest BCUT2D eigenvalue weighted by Gasteiger charge is -2.28. The van der Waals surface area contributed by atoms with Crippen molar-refractivity contribution in [2.75, 3.05) is 13.1 Å². The SMILES string of the molecule is CCCCCCCCCCCCN(CCCCCCCCCCCC)C1=CC(=O)C(=CC=C2C(=O)C(/C=C/c3ncc(C)s3)=C2O)C(O)=C1. The molecule has 3 rings (SSSR count). The van der Waals surface area contributed by atoms with Gasteiger partial charge in [-0.2, -0.15) is 0 Å². The second-order valence-electron chi connectivity index (χ2n) is 13.7. The molecule has 0 spiro atoms. The lowest BCUT2D eigenvalue weighted by atomic mass is 9.87. The first-order valence-electron chi connectivity index (χ1n) is 19.3. The molecule has 0 unspecified atom stereocenters. The van der Waals surface area contributed by atoms with Crippen LogP contribution in [0.4, 0.5) is 0 Å². The number of aliphatic hydroxyl groups excluding tert-OH is 2. The number of aryl methyl sites for hydroxylation is 1. The van der Waals surface area contributed by atoms with Crippen LogP contribution >= 0.6 is 11.3 Å². The number of thiazole rings is 1. The third-order valence-electron chi connectivity index (χ3n) is 9.48. The summed E-state index contributed by atoms with van der Waals surface area (Å²) in [5.41, 5.74) is 1.22. The van der Waals surface area contributed by atoms with E-state index in [1.54, 1.807) is 30.5 Å². The van der Waals surface area contributed by atoms with Gasteiger partial charge < -0.3 is 15.1 Å². The quantitative estimate of drug-likeness (QED) is 0.0743. The average Bonchev–Trinajstić information content (AvgIpc) is 3.51. The molecule has 0 fully saturated rings. The first-order chi connectivity index (χ1) is 23.8. The fourth-order valence-corrected chi connectivity index (χ4v) is 7.10. The zero-order valence-electron chi connectivity index (χ0n) is 30.6. The van der Waals surface area contributed by atoms with Crippen molar-refractivity contribution in [1.29, 1.82) is 0 Å². The number of unbranched alkanes of at least 4 members (excludes halogenated alkanes) is 18. The Morgan fingerprint density at radius 2 is 1.16 bits per heavy atom. The minimum absolute atomic E-state index is 0.106. The summed E-state index contributed by atoms with van der Waals surface area (Å²) in [7, 11) is 0. The van der Waals surface area contributed by atoms with Crippen molar-refractivity contribution >= 4 is 29.0 Å². The predicted molar refractivity (Wildman–Crippen MR) is 206 cm³/mol. The van der Waals surface area contributed by atoms with Crippen molar-refractivity contribution < 1.29 is 19.8 Å². The Kier molecular flexibility index (Phi) is 19.1. The Morgan fingerprint density at radius 3 is 1.61 bits per heavy atom. The van der Waals surface area contributed by atoms with E-state index in [4.69, 9.17) is 0 Å². The molecule has 2 N–H and O–H groups in total. The molecule has 6 nitrogen and oxygen atoms in total. The first-order valence-corrected chi connectivity index (χ1v) is 20.1. The molecule has 2 aliphatic rings. The maximum absolute atomic E-state index is 13.2. The standard InChI is InChI=1S/C42H62N2O4S/c1-4-6-8-10-12-14-16-18-20-22-28-44(29-23-21-19-17-15-13-11-9-7-5-2)34-30-38(45)35(39(46)31-34)24-25-36-41(47)37(42(36)48)26-27-40-43-32-33(3)49-40/h24-27,30-32,45,47H,4-23,28-29H2,1-3H3/b27-26+,35-24?,36-25?. The molecule has 0 amide bonds. The number of hydrogen-bond donors (Lipinski definition) is 2. The Bertz CT molecular complexity index is 1350. The van der Waals surface area contributed by atoms with E-state index < -0.39 is 0 Å². The van der Waals surface area contributed by atoms with Crippen molar-refractivity contribution in [2.24, 2.45) is 0 Å². The fraction of sp³-hybridized carbons (Fsp3) is 0.595. The van der Waals surface area contributed by atoms with Gasteiger partial charge in [0.05, 0.1) is 16.7 Å². The number of Topliss-reactive ketones (excluding diaryl/α,β-unsaturated/α-hetero) is 1. The van der Waals surface area contributed by atoms with Crippen LogP contribution in [0, 0.1) is 6.92 Å². The Labute approximate surface area is 300 Å². The highest BCUT2D eigenvalue weighted by atomic mass is 32.1. The number of aliphatic hydroxyl groups is 2. The van der Waals surface area contributed by atoms with Gasteiger partial charge in [-0.15, -0.1) is 11.3 Å². The van der Waals surface area contributed by atoms with Gasteiger partial charge in [-0.3, -0.25) is 9.59 Å². The molecule has 0 atom stereocenters. The topological polar surface area (TPSA) is 90.7 Å². The van der Waals surface area contributed by atoms with Gasteiger partial charge in [0.15, 0.2) is 5.78 Å². The van der Waals surface area contributed by atoms with E-state index in [0.29, 0.717) is 0 Å². The molecule has 0 radical (unpaired) electrons. The van der Waals surface area contributed by atoms with Gasteiger partial charge >= 0.3 is 0 Å². The van der Waals surface area contributed by atoms with Gasteiger partial charge in [-0.05, 0) is 44.1 Å². The van der Waals surface area contributed by atoms with E-state index in [-0.39, 0.29) is 39.8 Å². The lowest BCUT2D eigenvalue weighted by molar-refractivity contribution is -0.113. The number of carbonyl (C=O) groups excluding carboxylic acids is 2. The highest BCUT2D eigenvalue weighted by Gasteiger charge is 2.31. The number of carbonyl (C=O) groups is 2. The summed E-state index contributed by atoms with van der Waals surface area (Å²) in [5, 5.41) is 22.2. The monoisotopic (exact) mass is 690 g/mol. The predicted octanol–water partition coefficient (Wildman–Crippen LogP) is 11.8. The molecule has 0 aromatic carbocycles. The van der Waals surface area contributed by atoms with Crippen molar-refractivity contribution in [1.82, 2.24) is 9.88 Å². The molecule has 49 heavy (non-hydrogen) atoms. The minimum atomic E-state index is -0.305. The van der Waals surface area contributed by atoms with E-state index >= 15 is 0 Å². The van der Waals surface area contributed by atoms with Gasteiger partial charge in [0.1, 0.15) is 16.5 Å². The maximum Gasteiger partial charge on any atom is 0.200 e. The van der Waals surface area contributed by atoms with Crippen molar-refractivity contribution in [3.63, 3.8) is 0 Å². The van der Waals surface area contributed by atoms with E-state index in [0.717, 1.165) is 41.5 Å². The van der Waals surface area contributed by atoms with Crippen LogP contribution in [0.2, 0.25) is 0 Å². The molecule has 1 heterocycles. The Morgan fingerprint density at radius 1 is 0.673 bits per heavy atom. The van der Waals surface area contributed by atoms with Crippen molar-refractivity contribution in [3.05, 3.63) is 80.4 Å². The molecule has 0 saturated heterocycles. The van der Waals surface area contributed by atoms with Crippen LogP contribution in [0.1, 0.15) is 152 Å². The number of hydrogen-bond acceptors (Lipinski definition) is 7. The number of ketones is 2. The van der Waals surface area contributed by atoms with Gasteiger partial charge in [-0.1, -0.05) is 129 Å². The van der Waals surface area contributed by atoms with Gasteiger partial charge in [0.25, 0.3) is 0 Å².